The summed E-state index contributed by atoms with van der Waals surface area (Å²) in [7, 11) is -8.26. The van der Waals surface area contributed by atoms with Gasteiger partial charge in [0, 0.05) is 34.9 Å². The van der Waals surface area contributed by atoms with E-state index in [4.69, 9.17) is 8.37 Å². The highest BCUT2D eigenvalue weighted by Crippen LogP contribution is 2.28. The van der Waals surface area contributed by atoms with Gasteiger partial charge >= 0.3 is 32.3 Å². The summed E-state index contributed by atoms with van der Waals surface area (Å²) in [4.78, 5) is 25.7. The molecule has 0 bridgehead atoms. The standard InChI is InChI=1S/C46H34N4O8S2/c51-45(49-39-11-5-13-41(29-39)57-59(53,54)43-25-19-31-7-1-3-9-35(31)27-43)47-37-21-15-33(16-22-37)34-17-23-38(24-18-34)48-46(52)50-40-12-6-14-42(30-40)58-60(55,56)44-26-20-32-8-2-4-10-36(32)28-44/h1-30H,(H2,47,49,51)(H2,48,50,52). The number of hydrogen-bond acceptors (Lipinski definition) is 8. The van der Waals surface area contributed by atoms with Crippen LogP contribution in [0.25, 0.3) is 32.7 Å². The molecule has 0 aliphatic heterocycles. The van der Waals surface area contributed by atoms with Crippen molar-refractivity contribution in [3.63, 3.8) is 0 Å². The van der Waals surface area contributed by atoms with Gasteiger partial charge < -0.3 is 29.6 Å². The van der Waals surface area contributed by atoms with E-state index in [1.807, 2.05) is 72.8 Å². The minimum absolute atomic E-state index is 0.0121. The first-order chi connectivity index (χ1) is 29.0. The molecule has 14 heteroatoms. The van der Waals surface area contributed by atoms with E-state index in [0.717, 1.165) is 32.7 Å². The van der Waals surface area contributed by atoms with Crippen molar-refractivity contribution in [2.24, 2.45) is 0 Å². The molecule has 0 heterocycles. The fourth-order valence-corrected chi connectivity index (χ4v) is 8.24. The summed E-state index contributed by atoms with van der Waals surface area (Å²) < 4.78 is 62.8. The van der Waals surface area contributed by atoms with Crippen LogP contribution in [0, 0.1) is 0 Å². The van der Waals surface area contributed by atoms with E-state index in [2.05, 4.69) is 21.3 Å². The first-order valence-electron chi connectivity index (χ1n) is 18.4. The molecule has 4 amide bonds. The Morgan fingerprint density at radius 2 is 0.717 bits per heavy atom. The maximum atomic E-state index is 13.0. The summed E-state index contributed by atoms with van der Waals surface area (Å²) in [6.45, 7) is 0. The number of urea groups is 2. The van der Waals surface area contributed by atoms with Gasteiger partial charge in [-0.25, -0.2) is 9.59 Å². The lowest BCUT2D eigenvalue weighted by atomic mass is 10.1. The van der Waals surface area contributed by atoms with Crippen LogP contribution in [0.2, 0.25) is 0 Å². The first kappa shape index (κ1) is 39.2. The van der Waals surface area contributed by atoms with Crippen LogP contribution in [-0.4, -0.2) is 28.9 Å². The molecular formula is C46H34N4O8S2. The molecule has 8 rings (SSSR count). The number of fused-ring (bicyclic) bond motifs is 2. The van der Waals surface area contributed by atoms with E-state index >= 15 is 0 Å². The molecule has 298 valence electrons. The van der Waals surface area contributed by atoms with Crippen LogP contribution >= 0.6 is 0 Å². The number of anilines is 4. The van der Waals surface area contributed by atoms with Crippen molar-refractivity contribution in [3.8, 4) is 22.6 Å². The van der Waals surface area contributed by atoms with Crippen LogP contribution in [0.5, 0.6) is 11.5 Å². The Morgan fingerprint density at radius 3 is 1.12 bits per heavy atom. The van der Waals surface area contributed by atoms with E-state index in [0.29, 0.717) is 22.7 Å². The van der Waals surface area contributed by atoms with Gasteiger partial charge in [-0.3, -0.25) is 0 Å². The van der Waals surface area contributed by atoms with Crippen molar-refractivity contribution in [1.29, 1.82) is 0 Å². The topological polar surface area (TPSA) is 169 Å². The third kappa shape index (κ3) is 9.37. The number of rotatable bonds is 11. The number of benzene rings is 8. The molecule has 0 spiro atoms. The Hall–Kier alpha value is -7.68. The Morgan fingerprint density at radius 1 is 0.350 bits per heavy atom. The molecular weight excluding hydrogens is 801 g/mol. The molecule has 8 aromatic rings. The molecule has 0 saturated carbocycles. The van der Waals surface area contributed by atoms with E-state index < -0.39 is 32.3 Å². The van der Waals surface area contributed by atoms with Gasteiger partial charge in [-0.1, -0.05) is 97.1 Å². The number of carbonyl (C=O) groups excluding carboxylic acids is 2. The van der Waals surface area contributed by atoms with Crippen LogP contribution in [0.3, 0.4) is 0 Å². The zero-order valence-electron chi connectivity index (χ0n) is 31.4. The predicted molar refractivity (Wildman–Crippen MR) is 234 cm³/mol. The summed E-state index contributed by atoms with van der Waals surface area (Å²) in [6, 6.07) is 49.6. The van der Waals surface area contributed by atoms with Crippen LogP contribution < -0.4 is 29.6 Å². The maximum Gasteiger partial charge on any atom is 0.339 e. The summed E-state index contributed by atoms with van der Waals surface area (Å²) in [6.07, 6.45) is 0. The van der Waals surface area contributed by atoms with Crippen molar-refractivity contribution in [2.45, 2.75) is 9.79 Å². The smallest absolute Gasteiger partial charge is 0.339 e. The molecule has 0 aliphatic carbocycles. The zero-order valence-corrected chi connectivity index (χ0v) is 33.0. The highest BCUT2D eigenvalue weighted by Gasteiger charge is 2.19. The molecule has 0 atom stereocenters. The van der Waals surface area contributed by atoms with Gasteiger partial charge in [-0.05, 0) is 105 Å². The molecule has 0 aliphatic rings. The fourth-order valence-electron chi connectivity index (χ4n) is 6.33. The van der Waals surface area contributed by atoms with E-state index in [-0.39, 0.29) is 21.3 Å². The summed E-state index contributed by atoms with van der Waals surface area (Å²) in [5, 5.41) is 14.2. The quantitative estimate of drug-likeness (QED) is 0.0934. The van der Waals surface area contributed by atoms with Gasteiger partial charge in [0.15, 0.2) is 0 Å². The Kier molecular flexibility index (Phi) is 10.9. The molecule has 0 radical (unpaired) electrons. The minimum atomic E-state index is -4.13. The van der Waals surface area contributed by atoms with Crippen molar-refractivity contribution >= 4 is 76.6 Å². The molecule has 12 nitrogen and oxygen atoms in total. The van der Waals surface area contributed by atoms with E-state index in [1.165, 1.54) is 36.4 Å². The lowest BCUT2D eigenvalue weighted by molar-refractivity contribution is 0.261. The average Bonchev–Trinajstić information content (AvgIpc) is 3.24. The van der Waals surface area contributed by atoms with Crippen LogP contribution in [0.4, 0.5) is 32.3 Å². The molecule has 4 N–H and O–H groups in total. The Balaban J connectivity index is 0.828. The van der Waals surface area contributed by atoms with E-state index in [1.54, 1.807) is 72.8 Å². The van der Waals surface area contributed by atoms with Crippen LogP contribution in [-0.2, 0) is 20.2 Å². The molecule has 0 aromatic heterocycles. The summed E-state index contributed by atoms with van der Waals surface area (Å²) >= 11 is 0. The second kappa shape index (κ2) is 16.7. The SMILES string of the molecule is O=C(Nc1ccc(-c2ccc(NC(=O)Nc3cccc(OS(=O)(=O)c4ccc5ccccc5c4)c3)cc2)cc1)Nc1cccc(OS(=O)(=O)c2ccc3ccccc3c2)c1. The van der Waals surface area contributed by atoms with Crippen molar-refractivity contribution in [3.05, 3.63) is 182 Å². The molecule has 60 heavy (non-hydrogen) atoms. The fraction of sp³-hybridized carbons (Fsp3) is 0. The van der Waals surface area contributed by atoms with Gasteiger partial charge in [0.05, 0.1) is 0 Å². The first-order valence-corrected chi connectivity index (χ1v) is 21.2. The lowest BCUT2D eigenvalue weighted by Gasteiger charge is -2.12. The molecule has 0 fully saturated rings. The second-order valence-corrected chi connectivity index (χ2v) is 16.6. The predicted octanol–water partition coefficient (Wildman–Crippen LogP) is 10.5. The minimum Gasteiger partial charge on any atom is -0.379 e. The third-order valence-electron chi connectivity index (χ3n) is 9.23. The number of nitrogens with one attached hydrogen (secondary N) is 4. The van der Waals surface area contributed by atoms with Crippen molar-refractivity contribution in [1.82, 2.24) is 0 Å². The van der Waals surface area contributed by atoms with Gasteiger partial charge in [-0.2, -0.15) is 16.8 Å². The van der Waals surface area contributed by atoms with Gasteiger partial charge in [0.2, 0.25) is 0 Å². The number of amides is 4. The second-order valence-electron chi connectivity index (χ2n) is 13.5. The zero-order chi connectivity index (χ0) is 41.7. The Bertz CT molecular complexity index is 2910. The lowest BCUT2D eigenvalue weighted by Crippen LogP contribution is -2.19. The Labute approximate surface area is 345 Å². The highest BCUT2D eigenvalue weighted by atomic mass is 32.2. The average molecular weight is 835 g/mol. The highest BCUT2D eigenvalue weighted by molar-refractivity contribution is 7.87. The molecule has 8 aromatic carbocycles. The van der Waals surface area contributed by atoms with Crippen molar-refractivity contribution in [2.75, 3.05) is 21.3 Å². The van der Waals surface area contributed by atoms with Crippen LogP contribution in [0.1, 0.15) is 0 Å². The third-order valence-corrected chi connectivity index (χ3v) is 11.7. The monoisotopic (exact) mass is 834 g/mol. The van der Waals surface area contributed by atoms with Crippen LogP contribution in [0.15, 0.2) is 192 Å². The van der Waals surface area contributed by atoms with Gasteiger partial charge in [0.25, 0.3) is 0 Å². The van der Waals surface area contributed by atoms with E-state index in [9.17, 15) is 26.4 Å². The molecule has 0 unspecified atom stereocenters. The number of carbonyl (C=O) groups is 2. The van der Waals surface area contributed by atoms with Gasteiger partial charge in [-0.15, -0.1) is 0 Å². The van der Waals surface area contributed by atoms with Gasteiger partial charge in [0.1, 0.15) is 21.3 Å². The summed E-state index contributed by atoms with van der Waals surface area (Å²) in [5.74, 6) is 0.0757. The normalized spacial score (nSPS) is 11.4. The summed E-state index contributed by atoms with van der Waals surface area (Å²) in [5.41, 5.74) is 3.37. The maximum absolute atomic E-state index is 13.0. The number of hydrogen-bond donors (Lipinski definition) is 4. The largest absolute Gasteiger partial charge is 0.379 e. The molecule has 0 saturated heterocycles. The van der Waals surface area contributed by atoms with Crippen molar-refractivity contribution < 1.29 is 34.8 Å².